The second kappa shape index (κ2) is 10.1. The van der Waals surface area contributed by atoms with Crippen LogP contribution in [-0.4, -0.2) is 32.7 Å². The first kappa shape index (κ1) is 21.7. The van der Waals surface area contributed by atoms with Crippen LogP contribution in [0.5, 0.6) is 0 Å². The van der Waals surface area contributed by atoms with Gasteiger partial charge in [-0.2, -0.15) is 0 Å². The molecule has 0 aliphatic rings. The van der Waals surface area contributed by atoms with E-state index in [0.717, 1.165) is 10.5 Å². The van der Waals surface area contributed by atoms with Crippen LogP contribution in [0.1, 0.15) is 12.0 Å². The molecule has 0 unspecified atom stereocenters. The summed E-state index contributed by atoms with van der Waals surface area (Å²) in [6.45, 7) is 0.373. The van der Waals surface area contributed by atoms with Gasteiger partial charge >= 0.3 is 6.03 Å². The molecule has 3 amide bonds. The van der Waals surface area contributed by atoms with Gasteiger partial charge in [-0.1, -0.05) is 24.3 Å². The maximum Gasteiger partial charge on any atom is 0.319 e. The van der Waals surface area contributed by atoms with Gasteiger partial charge in [0.15, 0.2) is 0 Å². The predicted molar refractivity (Wildman–Crippen MR) is 110 cm³/mol. The fraction of sp³-hybridized carbons (Fsp3) is 0.222. The Labute approximate surface area is 168 Å². The normalized spacial score (nSPS) is 11.0. The molecule has 28 heavy (non-hydrogen) atoms. The van der Waals surface area contributed by atoms with Crippen LogP contribution in [-0.2, 0) is 21.2 Å². The van der Waals surface area contributed by atoms with Gasteiger partial charge < -0.3 is 16.4 Å². The maximum absolute atomic E-state index is 12.1. The number of anilines is 1. The minimum absolute atomic E-state index is 0.0485. The number of nitrogens with two attached hydrogens (primary N) is 2. The summed E-state index contributed by atoms with van der Waals surface area (Å²) in [4.78, 5) is 23.9. The molecule has 0 fully saturated rings. The lowest BCUT2D eigenvalue weighted by atomic mass is 10.1. The molecule has 2 aromatic carbocycles. The van der Waals surface area contributed by atoms with Crippen molar-refractivity contribution >= 4 is 39.4 Å². The van der Waals surface area contributed by atoms with Crippen molar-refractivity contribution in [3.63, 3.8) is 0 Å². The molecular weight excluding hydrogens is 400 g/mol. The Bertz CT molecular complexity index is 931. The van der Waals surface area contributed by atoms with Crippen LogP contribution in [0.25, 0.3) is 0 Å². The van der Waals surface area contributed by atoms with Crippen LogP contribution in [0.2, 0.25) is 0 Å². The van der Waals surface area contributed by atoms with Crippen molar-refractivity contribution in [1.82, 2.24) is 5.32 Å². The van der Waals surface area contributed by atoms with Crippen LogP contribution in [0.15, 0.2) is 58.3 Å². The summed E-state index contributed by atoms with van der Waals surface area (Å²) in [5.74, 6) is 0.164. The minimum Gasteiger partial charge on any atom is -0.370 e. The summed E-state index contributed by atoms with van der Waals surface area (Å²) in [7, 11) is -3.71. The van der Waals surface area contributed by atoms with E-state index in [4.69, 9.17) is 10.9 Å². The van der Waals surface area contributed by atoms with Crippen molar-refractivity contribution in [3.8, 4) is 0 Å². The molecule has 150 valence electrons. The molecule has 0 saturated carbocycles. The fourth-order valence-electron chi connectivity index (χ4n) is 2.29. The zero-order chi connectivity index (χ0) is 20.6. The van der Waals surface area contributed by atoms with Gasteiger partial charge in [-0.3, -0.25) is 4.79 Å². The molecule has 0 atom stereocenters. The van der Waals surface area contributed by atoms with Crippen LogP contribution in [0.4, 0.5) is 10.5 Å². The van der Waals surface area contributed by atoms with E-state index < -0.39 is 10.0 Å². The van der Waals surface area contributed by atoms with Crippen molar-refractivity contribution < 1.29 is 18.0 Å². The number of primary amides is 1. The highest BCUT2D eigenvalue weighted by Crippen LogP contribution is 2.27. The Balaban J connectivity index is 1.83. The maximum atomic E-state index is 12.1. The number of hydrogen-bond donors (Lipinski definition) is 4. The molecule has 0 aliphatic heterocycles. The molecule has 0 aliphatic carbocycles. The van der Waals surface area contributed by atoms with Crippen molar-refractivity contribution in [3.05, 3.63) is 54.1 Å². The standard InChI is InChI=1S/C18H22N4O4S2/c19-17(23)10-12-27-16-4-2-1-3-15(16)22-18(24)21-11-9-13-5-7-14(8-6-13)28(20,25)26/h1-8H,9-12H2,(H2,19,23)(H2,20,25,26)(H2,21,22,24). The molecule has 2 rings (SSSR count). The van der Waals surface area contributed by atoms with E-state index >= 15 is 0 Å². The number of sulfonamides is 1. The molecule has 2 aromatic rings. The highest BCUT2D eigenvalue weighted by Gasteiger charge is 2.09. The average Bonchev–Trinajstić information content (AvgIpc) is 2.62. The molecule has 0 saturated heterocycles. The van der Waals surface area contributed by atoms with E-state index in [2.05, 4.69) is 10.6 Å². The third-order valence-electron chi connectivity index (χ3n) is 3.69. The lowest BCUT2D eigenvalue weighted by Gasteiger charge is -2.11. The first-order valence-corrected chi connectivity index (χ1v) is 11.0. The van der Waals surface area contributed by atoms with E-state index in [9.17, 15) is 18.0 Å². The topological polar surface area (TPSA) is 144 Å². The second-order valence-corrected chi connectivity index (χ2v) is 8.58. The SMILES string of the molecule is NC(=O)CCSc1ccccc1NC(=O)NCCc1ccc(S(N)(=O)=O)cc1. The Morgan fingerprint density at radius 3 is 2.36 bits per heavy atom. The van der Waals surface area contributed by atoms with Crippen molar-refractivity contribution in [1.29, 1.82) is 0 Å². The number of carbonyl (C=O) groups excluding carboxylic acids is 2. The number of amides is 3. The lowest BCUT2D eigenvalue weighted by Crippen LogP contribution is -2.30. The van der Waals surface area contributed by atoms with Gasteiger partial charge in [0, 0.05) is 23.6 Å². The van der Waals surface area contributed by atoms with E-state index in [1.807, 2.05) is 12.1 Å². The van der Waals surface area contributed by atoms with Gasteiger partial charge in [-0.15, -0.1) is 11.8 Å². The Morgan fingerprint density at radius 2 is 1.71 bits per heavy atom. The average molecular weight is 423 g/mol. The van der Waals surface area contributed by atoms with Crippen molar-refractivity contribution in [2.45, 2.75) is 22.6 Å². The number of para-hydroxylation sites is 1. The second-order valence-electron chi connectivity index (χ2n) is 5.88. The largest absolute Gasteiger partial charge is 0.370 e. The molecule has 0 bridgehead atoms. The Hall–Kier alpha value is -2.56. The summed E-state index contributed by atoms with van der Waals surface area (Å²) in [6, 6.07) is 13.1. The Kier molecular flexibility index (Phi) is 7.85. The van der Waals surface area contributed by atoms with Crippen LogP contribution in [0, 0.1) is 0 Å². The van der Waals surface area contributed by atoms with Crippen LogP contribution < -0.4 is 21.5 Å². The molecule has 10 heteroatoms. The number of primary sulfonamides is 1. The molecule has 0 spiro atoms. The molecule has 0 heterocycles. The fourth-order valence-corrected chi connectivity index (χ4v) is 3.78. The van der Waals surface area contributed by atoms with Gasteiger partial charge in [0.25, 0.3) is 0 Å². The van der Waals surface area contributed by atoms with E-state index in [0.29, 0.717) is 24.4 Å². The molecule has 8 nitrogen and oxygen atoms in total. The molecule has 0 aromatic heterocycles. The first-order valence-electron chi connectivity index (χ1n) is 8.42. The van der Waals surface area contributed by atoms with E-state index in [1.165, 1.54) is 23.9 Å². The molecule has 6 N–H and O–H groups in total. The van der Waals surface area contributed by atoms with E-state index in [-0.39, 0.29) is 23.3 Å². The van der Waals surface area contributed by atoms with Gasteiger partial charge in [0.1, 0.15) is 0 Å². The number of carbonyl (C=O) groups is 2. The monoisotopic (exact) mass is 422 g/mol. The van der Waals surface area contributed by atoms with Crippen molar-refractivity contribution in [2.24, 2.45) is 10.9 Å². The van der Waals surface area contributed by atoms with Gasteiger partial charge in [0.2, 0.25) is 15.9 Å². The Morgan fingerprint density at radius 1 is 1.04 bits per heavy atom. The summed E-state index contributed by atoms with van der Waals surface area (Å²) < 4.78 is 22.5. The predicted octanol–water partition coefficient (Wildman–Crippen LogP) is 1.67. The van der Waals surface area contributed by atoms with Gasteiger partial charge in [-0.25, -0.2) is 18.4 Å². The molecule has 0 radical (unpaired) electrons. The van der Waals surface area contributed by atoms with Gasteiger partial charge in [0.05, 0.1) is 10.6 Å². The van der Waals surface area contributed by atoms with Crippen LogP contribution >= 0.6 is 11.8 Å². The summed E-state index contributed by atoms with van der Waals surface area (Å²) in [5, 5.41) is 10.6. The lowest BCUT2D eigenvalue weighted by molar-refractivity contribution is -0.117. The van der Waals surface area contributed by atoms with Gasteiger partial charge in [-0.05, 0) is 36.2 Å². The summed E-state index contributed by atoms with van der Waals surface area (Å²) in [6.07, 6.45) is 0.794. The number of benzene rings is 2. The zero-order valence-electron chi connectivity index (χ0n) is 15.1. The number of urea groups is 1. The summed E-state index contributed by atoms with van der Waals surface area (Å²) >= 11 is 1.44. The highest BCUT2D eigenvalue weighted by molar-refractivity contribution is 7.99. The third-order valence-corrected chi connectivity index (χ3v) is 5.70. The highest BCUT2D eigenvalue weighted by atomic mass is 32.2. The number of hydrogen-bond acceptors (Lipinski definition) is 5. The van der Waals surface area contributed by atoms with E-state index in [1.54, 1.807) is 24.3 Å². The number of thioether (sulfide) groups is 1. The number of nitrogens with one attached hydrogen (secondary N) is 2. The quantitative estimate of drug-likeness (QED) is 0.454. The molecular formula is C18H22N4O4S2. The van der Waals surface area contributed by atoms with Crippen molar-refractivity contribution in [2.75, 3.05) is 17.6 Å². The van der Waals surface area contributed by atoms with Crippen LogP contribution in [0.3, 0.4) is 0 Å². The third kappa shape index (κ3) is 7.22. The minimum atomic E-state index is -3.71. The first-order chi connectivity index (χ1) is 13.3. The summed E-state index contributed by atoms with van der Waals surface area (Å²) in [5.41, 5.74) is 6.66. The zero-order valence-corrected chi connectivity index (χ0v) is 16.7. The smallest absolute Gasteiger partial charge is 0.319 e. The number of rotatable bonds is 9.